The van der Waals surface area contributed by atoms with Crippen molar-refractivity contribution < 1.29 is 4.79 Å². The Morgan fingerprint density at radius 1 is 1.44 bits per heavy atom. The lowest BCUT2D eigenvalue weighted by molar-refractivity contribution is 0.104. The Labute approximate surface area is 111 Å². The Morgan fingerprint density at radius 2 is 2.22 bits per heavy atom. The van der Waals surface area contributed by atoms with Gasteiger partial charge in [-0.1, -0.05) is 0 Å². The first kappa shape index (κ1) is 12.8. The van der Waals surface area contributed by atoms with Gasteiger partial charge >= 0.3 is 0 Å². The molecule has 0 N–H and O–H groups in total. The second-order valence-electron chi connectivity index (χ2n) is 4.11. The van der Waals surface area contributed by atoms with Crippen molar-refractivity contribution in [3.63, 3.8) is 0 Å². The topological polar surface area (TPSA) is 34.9 Å². The van der Waals surface area contributed by atoms with Gasteiger partial charge in [0.1, 0.15) is 0 Å². The van der Waals surface area contributed by atoms with Crippen molar-refractivity contribution in [1.82, 2.24) is 9.78 Å². The number of carbonyl (C=O) groups is 1. The van der Waals surface area contributed by atoms with Gasteiger partial charge in [-0.3, -0.25) is 9.48 Å². The molecule has 2 rings (SSSR count). The Bertz CT molecular complexity index is 593. The van der Waals surface area contributed by atoms with Crippen LogP contribution in [0.2, 0.25) is 0 Å². The largest absolute Gasteiger partial charge is 0.289 e. The summed E-state index contributed by atoms with van der Waals surface area (Å²) in [6.45, 7) is 6.78. The standard InChI is InChI=1S/C14H16N2OS/c1-4-16-11(3)13(9-15-16)14(17)8-7-12-6-5-10(2)18-12/h5-9H,4H2,1-3H3/b8-7+. The molecule has 0 aliphatic rings. The molecule has 2 aromatic rings. The van der Waals surface area contributed by atoms with Gasteiger partial charge in [-0.05, 0) is 45.1 Å². The fourth-order valence-electron chi connectivity index (χ4n) is 1.80. The van der Waals surface area contributed by atoms with Crippen LogP contribution in [0.1, 0.15) is 32.7 Å². The minimum Gasteiger partial charge on any atom is -0.289 e. The van der Waals surface area contributed by atoms with Gasteiger partial charge in [0.25, 0.3) is 0 Å². The van der Waals surface area contributed by atoms with E-state index in [-0.39, 0.29) is 5.78 Å². The molecule has 0 fully saturated rings. The highest BCUT2D eigenvalue weighted by Crippen LogP contribution is 2.17. The van der Waals surface area contributed by atoms with Gasteiger partial charge in [0.05, 0.1) is 11.8 Å². The molecule has 2 aromatic heterocycles. The van der Waals surface area contributed by atoms with Gasteiger partial charge in [-0.15, -0.1) is 11.3 Å². The number of ketones is 1. The summed E-state index contributed by atoms with van der Waals surface area (Å²) < 4.78 is 1.83. The first-order valence-electron chi connectivity index (χ1n) is 5.93. The zero-order valence-corrected chi connectivity index (χ0v) is 11.6. The van der Waals surface area contributed by atoms with Crippen LogP contribution < -0.4 is 0 Å². The molecule has 0 saturated carbocycles. The van der Waals surface area contributed by atoms with Gasteiger partial charge in [0, 0.05) is 22.0 Å². The molecule has 0 atom stereocenters. The number of carbonyl (C=O) groups excluding carboxylic acids is 1. The van der Waals surface area contributed by atoms with Crippen molar-refractivity contribution in [2.45, 2.75) is 27.3 Å². The van der Waals surface area contributed by atoms with Gasteiger partial charge in [-0.2, -0.15) is 5.10 Å². The lowest BCUT2D eigenvalue weighted by Crippen LogP contribution is -2.01. The molecule has 0 spiro atoms. The van der Waals surface area contributed by atoms with Gasteiger partial charge in [0.2, 0.25) is 0 Å². The van der Waals surface area contributed by atoms with E-state index in [1.165, 1.54) is 4.88 Å². The summed E-state index contributed by atoms with van der Waals surface area (Å²) in [4.78, 5) is 14.4. The van der Waals surface area contributed by atoms with Crippen molar-refractivity contribution in [2.75, 3.05) is 0 Å². The average Bonchev–Trinajstić information content (AvgIpc) is 2.92. The maximum atomic E-state index is 12.0. The van der Waals surface area contributed by atoms with Crippen LogP contribution in [0.15, 0.2) is 24.4 Å². The summed E-state index contributed by atoms with van der Waals surface area (Å²) in [5, 5.41) is 4.18. The molecule has 18 heavy (non-hydrogen) atoms. The van der Waals surface area contributed by atoms with Crippen LogP contribution in [-0.4, -0.2) is 15.6 Å². The zero-order valence-electron chi connectivity index (χ0n) is 10.8. The first-order valence-corrected chi connectivity index (χ1v) is 6.74. The van der Waals surface area contributed by atoms with E-state index in [2.05, 4.69) is 18.1 Å². The molecule has 0 saturated heterocycles. The van der Waals surface area contributed by atoms with Crippen molar-refractivity contribution in [3.8, 4) is 0 Å². The van der Waals surface area contributed by atoms with Crippen LogP contribution in [0.5, 0.6) is 0 Å². The fourth-order valence-corrected chi connectivity index (χ4v) is 2.58. The fraction of sp³-hybridized carbons (Fsp3) is 0.286. The van der Waals surface area contributed by atoms with Gasteiger partial charge < -0.3 is 0 Å². The number of hydrogen-bond acceptors (Lipinski definition) is 3. The maximum absolute atomic E-state index is 12.0. The number of thiophene rings is 1. The molecule has 0 aliphatic heterocycles. The van der Waals surface area contributed by atoms with Gasteiger partial charge in [0.15, 0.2) is 5.78 Å². The Kier molecular flexibility index (Phi) is 3.77. The highest BCUT2D eigenvalue weighted by Gasteiger charge is 2.10. The highest BCUT2D eigenvalue weighted by molar-refractivity contribution is 7.12. The van der Waals surface area contributed by atoms with E-state index in [0.29, 0.717) is 5.56 Å². The summed E-state index contributed by atoms with van der Waals surface area (Å²) >= 11 is 1.68. The minimum atomic E-state index is 0.0123. The van der Waals surface area contributed by atoms with E-state index in [1.807, 2.05) is 30.7 Å². The molecule has 0 aromatic carbocycles. The van der Waals surface area contributed by atoms with Crippen LogP contribution in [-0.2, 0) is 6.54 Å². The van der Waals surface area contributed by atoms with Crippen molar-refractivity contribution >= 4 is 23.2 Å². The van der Waals surface area contributed by atoms with Crippen LogP contribution in [0.3, 0.4) is 0 Å². The summed E-state index contributed by atoms with van der Waals surface area (Å²) in [6, 6.07) is 4.07. The highest BCUT2D eigenvalue weighted by atomic mass is 32.1. The molecule has 0 amide bonds. The number of nitrogens with zero attached hydrogens (tertiary/aromatic N) is 2. The summed E-state index contributed by atoms with van der Waals surface area (Å²) in [6.07, 6.45) is 5.13. The van der Waals surface area contributed by atoms with Crippen molar-refractivity contribution in [3.05, 3.63) is 45.4 Å². The number of aryl methyl sites for hydroxylation is 2. The molecule has 3 nitrogen and oxygen atoms in total. The van der Waals surface area contributed by atoms with Crippen LogP contribution in [0.4, 0.5) is 0 Å². The summed E-state index contributed by atoms with van der Waals surface area (Å²) in [7, 11) is 0. The van der Waals surface area contributed by atoms with Crippen LogP contribution in [0, 0.1) is 13.8 Å². The molecule has 4 heteroatoms. The number of rotatable bonds is 4. The number of allylic oxidation sites excluding steroid dienone is 1. The van der Waals surface area contributed by atoms with E-state index in [9.17, 15) is 4.79 Å². The Balaban J connectivity index is 2.17. The quantitative estimate of drug-likeness (QED) is 0.623. The van der Waals surface area contributed by atoms with Crippen molar-refractivity contribution in [1.29, 1.82) is 0 Å². The van der Waals surface area contributed by atoms with E-state index in [4.69, 9.17) is 0 Å². The van der Waals surface area contributed by atoms with Crippen LogP contribution >= 0.6 is 11.3 Å². The average molecular weight is 260 g/mol. The molecule has 94 valence electrons. The number of aromatic nitrogens is 2. The molecule has 2 heterocycles. The normalized spacial score (nSPS) is 11.3. The summed E-state index contributed by atoms with van der Waals surface area (Å²) in [5.41, 5.74) is 1.61. The predicted octanol–water partition coefficient (Wildman–Crippen LogP) is 3.48. The smallest absolute Gasteiger partial charge is 0.189 e. The van der Waals surface area contributed by atoms with E-state index < -0.39 is 0 Å². The molecular formula is C14H16N2OS. The predicted molar refractivity (Wildman–Crippen MR) is 75.1 cm³/mol. The van der Waals surface area contributed by atoms with E-state index in [0.717, 1.165) is 17.1 Å². The third kappa shape index (κ3) is 2.59. The maximum Gasteiger partial charge on any atom is 0.189 e. The first-order chi connectivity index (χ1) is 8.61. The van der Waals surface area contributed by atoms with Crippen molar-refractivity contribution in [2.24, 2.45) is 0 Å². The van der Waals surface area contributed by atoms with E-state index >= 15 is 0 Å². The number of hydrogen-bond donors (Lipinski definition) is 0. The lowest BCUT2D eigenvalue weighted by Gasteiger charge is -1.99. The SMILES string of the molecule is CCn1ncc(C(=O)/C=C/c2ccc(C)s2)c1C. The monoisotopic (exact) mass is 260 g/mol. The minimum absolute atomic E-state index is 0.0123. The summed E-state index contributed by atoms with van der Waals surface area (Å²) in [5.74, 6) is 0.0123. The Hall–Kier alpha value is -1.68. The molecular weight excluding hydrogens is 244 g/mol. The molecule has 0 radical (unpaired) electrons. The zero-order chi connectivity index (χ0) is 13.1. The third-order valence-electron chi connectivity index (χ3n) is 2.83. The second kappa shape index (κ2) is 5.31. The lowest BCUT2D eigenvalue weighted by atomic mass is 10.1. The van der Waals surface area contributed by atoms with E-state index in [1.54, 1.807) is 23.6 Å². The molecule has 0 unspecified atom stereocenters. The third-order valence-corrected chi connectivity index (χ3v) is 3.79. The molecule has 0 aliphatic carbocycles. The van der Waals surface area contributed by atoms with Gasteiger partial charge in [-0.25, -0.2) is 0 Å². The second-order valence-corrected chi connectivity index (χ2v) is 5.42. The molecule has 0 bridgehead atoms. The van der Waals surface area contributed by atoms with Crippen LogP contribution in [0.25, 0.3) is 6.08 Å². The Morgan fingerprint density at radius 3 is 2.78 bits per heavy atom.